The third-order valence-corrected chi connectivity index (χ3v) is 2.04. The minimum Gasteiger partial charge on any atom is -0.423 e. The summed E-state index contributed by atoms with van der Waals surface area (Å²) in [6.45, 7) is 0.905. The average molecular weight is 152 g/mol. The van der Waals surface area contributed by atoms with Crippen LogP contribution < -0.4 is 5.46 Å². The van der Waals surface area contributed by atoms with Gasteiger partial charge >= 0.3 is 7.12 Å². The Hall–Kier alpha value is -0.805. The molecule has 1 aromatic rings. The van der Waals surface area contributed by atoms with Gasteiger partial charge in [-0.3, -0.25) is 4.68 Å². The lowest BCUT2D eigenvalue weighted by Crippen LogP contribution is -2.31. The van der Waals surface area contributed by atoms with E-state index < -0.39 is 7.12 Å². The standard InChI is InChI=1S/C6H9BN2O2/c10-7(11)5-4-8-9-3-1-2-6(5)9/h4,10-11H,1-3H2. The molecule has 0 saturated carbocycles. The molecule has 0 amide bonds. The normalized spacial score (nSPS) is 15.1. The van der Waals surface area contributed by atoms with Gasteiger partial charge < -0.3 is 10.0 Å². The van der Waals surface area contributed by atoms with E-state index in [1.165, 1.54) is 6.20 Å². The molecule has 0 fully saturated rings. The van der Waals surface area contributed by atoms with Crippen LogP contribution in [0.5, 0.6) is 0 Å². The number of hydrogen-bond acceptors (Lipinski definition) is 3. The van der Waals surface area contributed by atoms with E-state index >= 15 is 0 Å². The summed E-state index contributed by atoms with van der Waals surface area (Å²) in [5, 5.41) is 21.8. The van der Waals surface area contributed by atoms with Crippen LogP contribution in [0.25, 0.3) is 0 Å². The van der Waals surface area contributed by atoms with Crippen LogP contribution in [-0.4, -0.2) is 26.9 Å². The van der Waals surface area contributed by atoms with Crippen molar-refractivity contribution in [1.82, 2.24) is 9.78 Å². The lowest BCUT2D eigenvalue weighted by molar-refractivity contribution is 0.425. The maximum Gasteiger partial charge on any atom is 0.491 e. The van der Waals surface area contributed by atoms with Crippen molar-refractivity contribution in [2.75, 3.05) is 0 Å². The lowest BCUT2D eigenvalue weighted by atomic mass is 9.80. The minimum absolute atomic E-state index is 0.558. The minimum atomic E-state index is -1.36. The molecule has 0 bridgehead atoms. The second-order valence-electron chi connectivity index (χ2n) is 2.75. The van der Waals surface area contributed by atoms with Gasteiger partial charge in [-0.15, -0.1) is 0 Å². The van der Waals surface area contributed by atoms with E-state index in [4.69, 9.17) is 10.0 Å². The summed E-state index contributed by atoms with van der Waals surface area (Å²) in [5.74, 6) is 0. The van der Waals surface area contributed by atoms with E-state index in [-0.39, 0.29) is 0 Å². The molecule has 0 saturated heterocycles. The highest BCUT2D eigenvalue weighted by Crippen LogP contribution is 2.10. The van der Waals surface area contributed by atoms with Crippen LogP contribution in [0.1, 0.15) is 12.1 Å². The Bertz CT molecular complexity index is 272. The predicted molar refractivity (Wildman–Crippen MR) is 40.4 cm³/mol. The van der Waals surface area contributed by atoms with Gasteiger partial charge in [0.05, 0.1) is 0 Å². The van der Waals surface area contributed by atoms with Gasteiger partial charge in [0.15, 0.2) is 0 Å². The van der Waals surface area contributed by atoms with Crippen LogP contribution in [-0.2, 0) is 13.0 Å². The number of aromatic nitrogens is 2. The van der Waals surface area contributed by atoms with E-state index in [0.717, 1.165) is 25.1 Å². The number of fused-ring (bicyclic) bond motifs is 1. The van der Waals surface area contributed by atoms with Crippen molar-refractivity contribution < 1.29 is 10.0 Å². The summed E-state index contributed by atoms with van der Waals surface area (Å²) < 4.78 is 1.83. The highest BCUT2D eigenvalue weighted by atomic mass is 16.4. The zero-order chi connectivity index (χ0) is 7.84. The molecule has 4 nitrogen and oxygen atoms in total. The van der Waals surface area contributed by atoms with Crippen molar-refractivity contribution in [3.63, 3.8) is 0 Å². The monoisotopic (exact) mass is 152 g/mol. The third kappa shape index (κ3) is 0.966. The van der Waals surface area contributed by atoms with Gasteiger partial charge in [-0.25, -0.2) is 0 Å². The van der Waals surface area contributed by atoms with Crippen molar-refractivity contribution in [3.8, 4) is 0 Å². The van der Waals surface area contributed by atoms with Crippen molar-refractivity contribution in [1.29, 1.82) is 0 Å². The van der Waals surface area contributed by atoms with Crippen LogP contribution in [0.3, 0.4) is 0 Å². The van der Waals surface area contributed by atoms with Crippen LogP contribution in [0, 0.1) is 0 Å². The first-order valence-electron chi connectivity index (χ1n) is 3.70. The smallest absolute Gasteiger partial charge is 0.423 e. The fraction of sp³-hybridized carbons (Fsp3) is 0.500. The molecule has 2 rings (SSSR count). The molecule has 0 unspecified atom stereocenters. The lowest BCUT2D eigenvalue weighted by Gasteiger charge is -1.96. The Morgan fingerprint density at radius 1 is 1.55 bits per heavy atom. The van der Waals surface area contributed by atoms with Gasteiger partial charge in [-0.05, 0) is 12.8 Å². The zero-order valence-corrected chi connectivity index (χ0v) is 6.06. The number of rotatable bonds is 1. The summed E-state index contributed by atoms with van der Waals surface area (Å²) in [7, 11) is -1.36. The van der Waals surface area contributed by atoms with Gasteiger partial charge in [0, 0.05) is 23.9 Å². The first-order chi connectivity index (χ1) is 5.29. The fourth-order valence-corrected chi connectivity index (χ4v) is 1.50. The predicted octanol–water partition coefficient (Wildman–Crippen LogP) is -1.49. The van der Waals surface area contributed by atoms with Crippen LogP contribution in [0.4, 0.5) is 0 Å². The van der Waals surface area contributed by atoms with Crippen LogP contribution in [0.2, 0.25) is 0 Å². The number of hydrogen-bond donors (Lipinski definition) is 2. The van der Waals surface area contributed by atoms with E-state index in [1.807, 2.05) is 4.68 Å². The quantitative estimate of drug-likeness (QED) is 0.482. The number of nitrogens with zero attached hydrogens (tertiary/aromatic N) is 2. The Kier molecular flexibility index (Phi) is 1.47. The van der Waals surface area contributed by atoms with Crippen molar-refractivity contribution in [2.45, 2.75) is 19.4 Å². The van der Waals surface area contributed by atoms with Crippen LogP contribution in [0.15, 0.2) is 6.20 Å². The Balaban J connectivity index is 2.42. The summed E-state index contributed by atoms with van der Waals surface area (Å²) >= 11 is 0. The third-order valence-electron chi connectivity index (χ3n) is 2.04. The Morgan fingerprint density at radius 2 is 2.36 bits per heavy atom. The molecule has 11 heavy (non-hydrogen) atoms. The topological polar surface area (TPSA) is 58.3 Å². The first-order valence-corrected chi connectivity index (χ1v) is 3.70. The molecule has 0 radical (unpaired) electrons. The summed E-state index contributed by atoms with van der Waals surface area (Å²) in [6, 6.07) is 0. The highest BCUT2D eigenvalue weighted by molar-refractivity contribution is 6.59. The molecule has 0 atom stereocenters. The van der Waals surface area contributed by atoms with E-state index in [2.05, 4.69) is 5.10 Å². The average Bonchev–Trinajstić information content (AvgIpc) is 2.41. The summed E-state index contributed by atoms with van der Waals surface area (Å²) in [5.41, 5.74) is 1.53. The molecule has 1 aliphatic heterocycles. The second kappa shape index (κ2) is 2.35. The van der Waals surface area contributed by atoms with E-state index in [9.17, 15) is 0 Å². The molecular formula is C6H9BN2O2. The molecule has 58 valence electrons. The summed E-state index contributed by atoms with van der Waals surface area (Å²) in [4.78, 5) is 0. The van der Waals surface area contributed by atoms with Gasteiger partial charge in [0.2, 0.25) is 0 Å². The van der Waals surface area contributed by atoms with Gasteiger partial charge in [0.1, 0.15) is 0 Å². The largest absolute Gasteiger partial charge is 0.491 e. The Labute approximate surface area is 64.6 Å². The maximum atomic E-state index is 8.88. The van der Waals surface area contributed by atoms with Crippen molar-refractivity contribution in [2.24, 2.45) is 0 Å². The summed E-state index contributed by atoms with van der Waals surface area (Å²) in [6.07, 6.45) is 3.50. The molecule has 0 spiro atoms. The zero-order valence-electron chi connectivity index (χ0n) is 6.06. The molecule has 5 heteroatoms. The fourth-order valence-electron chi connectivity index (χ4n) is 1.50. The van der Waals surface area contributed by atoms with E-state index in [1.54, 1.807) is 0 Å². The first kappa shape index (κ1) is 6.88. The Morgan fingerprint density at radius 3 is 3.09 bits per heavy atom. The molecule has 1 aromatic heterocycles. The second-order valence-corrected chi connectivity index (χ2v) is 2.75. The van der Waals surface area contributed by atoms with Gasteiger partial charge in [0.25, 0.3) is 0 Å². The molecule has 2 N–H and O–H groups in total. The molecular weight excluding hydrogens is 143 g/mol. The molecule has 0 aromatic carbocycles. The van der Waals surface area contributed by atoms with E-state index in [0.29, 0.717) is 5.46 Å². The SMILES string of the molecule is OB(O)c1cnn2c1CCC2. The number of aryl methyl sites for hydroxylation is 1. The molecule has 2 heterocycles. The molecule has 1 aliphatic rings. The van der Waals surface area contributed by atoms with Crippen molar-refractivity contribution >= 4 is 12.6 Å². The van der Waals surface area contributed by atoms with Gasteiger partial charge in [-0.1, -0.05) is 0 Å². The molecule has 0 aliphatic carbocycles. The highest BCUT2D eigenvalue weighted by Gasteiger charge is 2.23. The van der Waals surface area contributed by atoms with Gasteiger partial charge in [-0.2, -0.15) is 5.10 Å². The maximum absolute atomic E-state index is 8.88. The van der Waals surface area contributed by atoms with Crippen LogP contribution >= 0.6 is 0 Å². The van der Waals surface area contributed by atoms with Crippen molar-refractivity contribution in [3.05, 3.63) is 11.9 Å².